The van der Waals surface area contributed by atoms with Crippen LogP contribution in [-0.2, 0) is 18.4 Å². The average molecular weight is 415 g/mol. The molecule has 154 valence electrons. The summed E-state index contributed by atoms with van der Waals surface area (Å²) in [6, 6.07) is 7.69. The molecule has 2 heterocycles. The number of nitrogens with one attached hydrogen (secondary N) is 1. The molecule has 0 fully saturated rings. The third kappa shape index (κ3) is 4.29. The molecule has 0 aliphatic rings. The summed E-state index contributed by atoms with van der Waals surface area (Å²) in [5, 5.41) is 16.4. The molecule has 3 rings (SSSR count). The molecule has 1 unspecified atom stereocenters. The molecule has 0 bridgehead atoms. The predicted molar refractivity (Wildman–Crippen MR) is 114 cm³/mol. The molecule has 2 aromatic heterocycles. The fourth-order valence-electron chi connectivity index (χ4n) is 3.01. The van der Waals surface area contributed by atoms with E-state index in [2.05, 4.69) is 20.6 Å². The molecule has 29 heavy (non-hydrogen) atoms. The first-order chi connectivity index (χ1) is 13.8. The first-order valence-corrected chi connectivity index (χ1v) is 10.3. The Labute approximate surface area is 174 Å². The van der Waals surface area contributed by atoms with Crippen LogP contribution in [0.2, 0.25) is 0 Å². The number of aromatic nitrogens is 5. The van der Waals surface area contributed by atoms with Gasteiger partial charge in [0.2, 0.25) is 5.91 Å². The van der Waals surface area contributed by atoms with Crippen molar-refractivity contribution in [3.63, 3.8) is 0 Å². The molecule has 0 saturated heterocycles. The van der Waals surface area contributed by atoms with Crippen LogP contribution in [0, 0.1) is 13.8 Å². The monoisotopic (exact) mass is 414 g/mol. The molecule has 9 heteroatoms. The summed E-state index contributed by atoms with van der Waals surface area (Å²) < 4.78 is 8.99. The molecular formula is C20H26N6O2S. The minimum atomic E-state index is -0.341. The zero-order valence-electron chi connectivity index (χ0n) is 17.6. The van der Waals surface area contributed by atoms with Crippen LogP contribution in [0.4, 0.5) is 5.69 Å². The first-order valence-electron chi connectivity index (χ1n) is 9.41. The number of ether oxygens (including phenoxy) is 1. The van der Waals surface area contributed by atoms with Gasteiger partial charge in [-0.3, -0.25) is 9.48 Å². The standard InChI is InChI=1S/C20H26N6O2S/c1-7-26-18(15-8-10-16(28-6)11-9-15)22-23-20(26)29-14(4)19(27)21-17-12(2)24-25(5)13(17)3/h8-11,14H,7H2,1-6H3,(H,21,27). The number of hydrogen-bond acceptors (Lipinski definition) is 6. The molecule has 0 aliphatic carbocycles. The Balaban J connectivity index is 1.77. The van der Waals surface area contributed by atoms with Gasteiger partial charge in [0.05, 0.1) is 29.4 Å². The van der Waals surface area contributed by atoms with Crippen molar-refractivity contribution < 1.29 is 9.53 Å². The number of aryl methyl sites for hydroxylation is 2. The van der Waals surface area contributed by atoms with Gasteiger partial charge >= 0.3 is 0 Å². The third-order valence-electron chi connectivity index (χ3n) is 4.79. The van der Waals surface area contributed by atoms with E-state index >= 15 is 0 Å². The van der Waals surface area contributed by atoms with E-state index in [0.717, 1.165) is 34.2 Å². The number of rotatable bonds is 7. The fourth-order valence-corrected chi connectivity index (χ4v) is 3.92. The van der Waals surface area contributed by atoms with Crippen molar-refractivity contribution in [2.75, 3.05) is 12.4 Å². The molecule has 0 spiro atoms. The highest BCUT2D eigenvalue weighted by Crippen LogP contribution is 2.29. The lowest BCUT2D eigenvalue weighted by Crippen LogP contribution is -2.23. The lowest BCUT2D eigenvalue weighted by molar-refractivity contribution is -0.115. The number of nitrogens with zero attached hydrogens (tertiary/aromatic N) is 5. The Bertz CT molecular complexity index is 1010. The van der Waals surface area contributed by atoms with E-state index in [0.29, 0.717) is 11.7 Å². The molecule has 8 nitrogen and oxygen atoms in total. The molecule has 1 atom stereocenters. The van der Waals surface area contributed by atoms with Crippen molar-refractivity contribution in [2.45, 2.75) is 44.6 Å². The van der Waals surface area contributed by atoms with Crippen LogP contribution in [0.5, 0.6) is 5.75 Å². The second-order valence-electron chi connectivity index (χ2n) is 6.70. The summed E-state index contributed by atoms with van der Waals surface area (Å²) in [6.45, 7) is 8.42. The van der Waals surface area contributed by atoms with Gasteiger partial charge in [-0.2, -0.15) is 5.10 Å². The molecular weight excluding hydrogens is 388 g/mol. The van der Waals surface area contributed by atoms with Crippen LogP contribution in [0.3, 0.4) is 0 Å². The molecule has 1 N–H and O–H groups in total. The number of amides is 1. The fraction of sp³-hybridized carbons (Fsp3) is 0.400. The highest BCUT2D eigenvalue weighted by molar-refractivity contribution is 8.00. The summed E-state index contributed by atoms with van der Waals surface area (Å²) in [6.07, 6.45) is 0. The molecule has 0 saturated carbocycles. The summed E-state index contributed by atoms with van der Waals surface area (Å²) in [5.74, 6) is 1.47. The Morgan fingerprint density at radius 1 is 1.24 bits per heavy atom. The van der Waals surface area contributed by atoms with E-state index in [4.69, 9.17) is 4.74 Å². The number of thioether (sulfide) groups is 1. The van der Waals surface area contributed by atoms with Crippen molar-refractivity contribution >= 4 is 23.4 Å². The zero-order valence-corrected chi connectivity index (χ0v) is 18.4. The van der Waals surface area contributed by atoms with Gasteiger partial charge in [0, 0.05) is 19.2 Å². The highest BCUT2D eigenvalue weighted by atomic mass is 32.2. The summed E-state index contributed by atoms with van der Waals surface area (Å²) in [5.41, 5.74) is 3.44. The third-order valence-corrected chi connectivity index (χ3v) is 5.87. The number of hydrogen-bond donors (Lipinski definition) is 1. The van der Waals surface area contributed by atoms with Crippen LogP contribution in [0.25, 0.3) is 11.4 Å². The number of benzene rings is 1. The number of carbonyl (C=O) groups is 1. The Hall–Kier alpha value is -2.81. The van der Waals surface area contributed by atoms with E-state index in [1.807, 2.05) is 63.6 Å². The van der Waals surface area contributed by atoms with Crippen molar-refractivity contribution in [1.29, 1.82) is 0 Å². The summed E-state index contributed by atoms with van der Waals surface area (Å²) >= 11 is 1.39. The van der Waals surface area contributed by atoms with E-state index in [-0.39, 0.29) is 11.2 Å². The highest BCUT2D eigenvalue weighted by Gasteiger charge is 2.22. The van der Waals surface area contributed by atoms with E-state index in [1.54, 1.807) is 11.8 Å². The van der Waals surface area contributed by atoms with E-state index < -0.39 is 0 Å². The maximum atomic E-state index is 12.7. The van der Waals surface area contributed by atoms with E-state index in [9.17, 15) is 4.79 Å². The quantitative estimate of drug-likeness (QED) is 0.596. The lowest BCUT2D eigenvalue weighted by Gasteiger charge is -2.13. The van der Waals surface area contributed by atoms with Gasteiger partial charge in [0.15, 0.2) is 11.0 Å². The smallest absolute Gasteiger partial charge is 0.237 e. The minimum absolute atomic E-state index is 0.0918. The normalized spacial score (nSPS) is 12.1. The van der Waals surface area contributed by atoms with Crippen molar-refractivity contribution in [1.82, 2.24) is 24.5 Å². The zero-order chi connectivity index (χ0) is 21.1. The lowest BCUT2D eigenvalue weighted by atomic mass is 10.2. The second kappa shape index (κ2) is 8.69. The van der Waals surface area contributed by atoms with Crippen LogP contribution in [-0.4, -0.2) is 42.8 Å². The topological polar surface area (TPSA) is 86.9 Å². The van der Waals surface area contributed by atoms with Gasteiger partial charge in [0.25, 0.3) is 0 Å². The van der Waals surface area contributed by atoms with Gasteiger partial charge in [0.1, 0.15) is 5.75 Å². The molecule has 0 aliphatic heterocycles. The van der Waals surface area contributed by atoms with Gasteiger partial charge in [-0.1, -0.05) is 11.8 Å². The Kier molecular flexibility index (Phi) is 6.26. The first kappa shape index (κ1) is 20.9. The predicted octanol–water partition coefficient (Wildman–Crippen LogP) is 3.44. The molecule has 0 radical (unpaired) electrons. The van der Waals surface area contributed by atoms with Gasteiger partial charge < -0.3 is 14.6 Å². The summed E-state index contributed by atoms with van der Waals surface area (Å²) in [7, 11) is 3.50. The van der Waals surface area contributed by atoms with Gasteiger partial charge in [-0.25, -0.2) is 0 Å². The molecule has 1 amide bonds. The largest absolute Gasteiger partial charge is 0.497 e. The summed E-state index contributed by atoms with van der Waals surface area (Å²) in [4.78, 5) is 12.7. The maximum Gasteiger partial charge on any atom is 0.237 e. The van der Waals surface area contributed by atoms with Crippen LogP contribution < -0.4 is 10.1 Å². The average Bonchev–Trinajstić information content (AvgIpc) is 3.23. The Morgan fingerprint density at radius 3 is 2.48 bits per heavy atom. The van der Waals surface area contributed by atoms with Gasteiger partial charge in [-0.15, -0.1) is 10.2 Å². The van der Waals surface area contributed by atoms with Crippen LogP contribution >= 0.6 is 11.8 Å². The number of methoxy groups -OCH3 is 1. The van der Waals surface area contributed by atoms with Gasteiger partial charge in [-0.05, 0) is 52.0 Å². The number of carbonyl (C=O) groups excluding carboxylic acids is 1. The SMILES string of the molecule is CCn1c(SC(C)C(=O)Nc2c(C)nn(C)c2C)nnc1-c1ccc(OC)cc1. The minimum Gasteiger partial charge on any atom is -0.497 e. The number of anilines is 1. The van der Waals surface area contributed by atoms with Crippen molar-refractivity contribution in [3.05, 3.63) is 35.7 Å². The molecule has 3 aromatic rings. The van der Waals surface area contributed by atoms with E-state index in [1.165, 1.54) is 11.8 Å². The van der Waals surface area contributed by atoms with Crippen molar-refractivity contribution in [2.24, 2.45) is 7.05 Å². The Morgan fingerprint density at radius 2 is 1.93 bits per heavy atom. The van der Waals surface area contributed by atoms with Crippen LogP contribution in [0.15, 0.2) is 29.4 Å². The molecule has 1 aromatic carbocycles. The second-order valence-corrected chi connectivity index (χ2v) is 8.01. The van der Waals surface area contributed by atoms with Crippen molar-refractivity contribution in [3.8, 4) is 17.1 Å². The maximum absolute atomic E-state index is 12.7. The van der Waals surface area contributed by atoms with Crippen LogP contribution in [0.1, 0.15) is 25.2 Å².